The van der Waals surface area contributed by atoms with Gasteiger partial charge in [-0.1, -0.05) is 18.2 Å². The molecule has 19 heavy (non-hydrogen) atoms. The van der Waals surface area contributed by atoms with Gasteiger partial charge in [0, 0.05) is 27.9 Å². The molecule has 1 aromatic heterocycles. The van der Waals surface area contributed by atoms with Gasteiger partial charge in [-0.05, 0) is 38.5 Å². The van der Waals surface area contributed by atoms with Gasteiger partial charge in [-0.2, -0.15) is 0 Å². The predicted molar refractivity (Wildman–Crippen MR) is 82.0 cm³/mol. The largest absolute Gasteiger partial charge is 0.496 e. The molecule has 2 rings (SSSR count). The summed E-state index contributed by atoms with van der Waals surface area (Å²) in [5.41, 5.74) is 2.60. The van der Waals surface area contributed by atoms with E-state index in [0.29, 0.717) is 0 Å². The van der Waals surface area contributed by atoms with Gasteiger partial charge in [0.05, 0.1) is 7.11 Å². The SMILES string of the molecule is COc1ccccc1[C@H](C)NCc1cc(C)sc1C. The summed E-state index contributed by atoms with van der Waals surface area (Å²) in [6.07, 6.45) is 0. The summed E-state index contributed by atoms with van der Waals surface area (Å²) >= 11 is 1.86. The van der Waals surface area contributed by atoms with Crippen molar-refractivity contribution in [1.29, 1.82) is 0 Å². The zero-order valence-electron chi connectivity index (χ0n) is 12.0. The van der Waals surface area contributed by atoms with Crippen LogP contribution in [0.25, 0.3) is 0 Å². The van der Waals surface area contributed by atoms with Crippen molar-refractivity contribution < 1.29 is 4.74 Å². The summed E-state index contributed by atoms with van der Waals surface area (Å²) in [4.78, 5) is 2.77. The molecule has 102 valence electrons. The molecule has 1 heterocycles. The number of rotatable bonds is 5. The molecule has 2 aromatic rings. The molecule has 1 atom stereocenters. The summed E-state index contributed by atoms with van der Waals surface area (Å²) in [5, 5.41) is 3.57. The maximum absolute atomic E-state index is 5.41. The molecular weight excluding hydrogens is 254 g/mol. The minimum Gasteiger partial charge on any atom is -0.496 e. The molecule has 3 heteroatoms. The number of benzene rings is 1. The van der Waals surface area contributed by atoms with Crippen LogP contribution in [0.3, 0.4) is 0 Å². The highest BCUT2D eigenvalue weighted by atomic mass is 32.1. The Morgan fingerprint density at radius 3 is 2.63 bits per heavy atom. The molecule has 0 radical (unpaired) electrons. The zero-order chi connectivity index (χ0) is 13.8. The highest BCUT2D eigenvalue weighted by Gasteiger charge is 2.11. The highest BCUT2D eigenvalue weighted by Crippen LogP contribution is 2.26. The molecule has 0 aliphatic rings. The van der Waals surface area contributed by atoms with Crippen molar-refractivity contribution in [3.05, 3.63) is 51.2 Å². The molecule has 0 saturated heterocycles. The summed E-state index contributed by atoms with van der Waals surface area (Å²) in [6, 6.07) is 10.7. The minimum absolute atomic E-state index is 0.274. The van der Waals surface area contributed by atoms with Crippen LogP contribution >= 0.6 is 11.3 Å². The normalized spacial score (nSPS) is 12.4. The second-order valence-electron chi connectivity index (χ2n) is 4.78. The van der Waals surface area contributed by atoms with Crippen LogP contribution in [0, 0.1) is 13.8 Å². The van der Waals surface area contributed by atoms with Crippen LogP contribution in [-0.4, -0.2) is 7.11 Å². The number of hydrogen-bond acceptors (Lipinski definition) is 3. The fraction of sp³-hybridized carbons (Fsp3) is 0.375. The van der Waals surface area contributed by atoms with E-state index < -0.39 is 0 Å². The van der Waals surface area contributed by atoms with Crippen LogP contribution in [0.4, 0.5) is 0 Å². The van der Waals surface area contributed by atoms with Crippen molar-refractivity contribution in [2.75, 3.05) is 7.11 Å². The summed E-state index contributed by atoms with van der Waals surface area (Å²) in [6.45, 7) is 7.41. The van der Waals surface area contributed by atoms with Gasteiger partial charge in [-0.15, -0.1) is 11.3 Å². The van der Waals surface area contributed by atoms with Crippen LogP contribution in [-0.2, 0) is 6.54 Å². The molecule has 0 aliphatic carbocycles. The van der Waals surface area contributed by atoms with Gasteiger partial charge < -0.3 is 10.1 Å². The predicted octanol–water partition coefficient (Wildman–Crippen LogP) is 4.22. The lowest BCUT2D eigenvalue weighted by molar-refractivity contribution is 0.401. The molecule has 0 spiro atoms. The molecule has 0 bridgehead atoms. The minimum atomic E-state index is 0.274. The Morgan fingerprint density at radius 2 is 2.00 bits per heavy atom. The molecule has 1 aromatic carbocycles. The number of nitrogens with one attached hydrogen (secondary N) is 1. The third kappa shape index (κ3) is 3.37. The zero-order valence-corrected chi connectivity index (χ0v) is 12.8. The van der Waals surface area contributed by atoms with E-state index in [0.717, 1.165) is 12.3 Å². The Hall–Kier alpha value is -1.32. The lowest BCUT2D eigenvalue weighted by Crippen LogP contribution is -2.18. The van der Waals surface area contributed by atoms with E-state index in [9.17, 15) is 0 Å². The highest BCUT2D eigenvalue weighted by molar-refractivity contribution is 7.12. The standard InChI is InChI=1S/C16H21NOS/c1-11-9-14(13(3)19-11)10-17-12(2)15-7-5-6-8-16(15)18-4/h5-9,12,17H,10H2,1-4H3/t12-/m0/s1. The van der Waals surface area contributed by atoms with Crippen molar-refractivity contribution in [3.63, 3.8) is 0 Å². The second-order valence-corrected chi connectivity index (χ2v) is 6.24. The number of aryl methyl sites for hydroxylation is 2. The van der Waals surface area contributed by atoms with Gasteiger partial charge in [0.15, 0.2) is 0 Å². The average molecular weight is 275 g/mol. The molecule has 2 nitrogen and oxygen atoms in total. The van der Waals surface area contributed by atoms with Crippen molar-refractivity contribution in [3.8, 4) is 5.75 Å². The third-order valence-electron chi connectivity index (χ3n) is 3.35. The quantitative estimate of drug-likeness (QED) is 0.882. The number of methoxy groups -OCH3 is 1. The molecule has 0 unspecified atom stereocenters. The number of thiophene rings is 1. The summed E-state index contributed by atoms with van der Waals surface area (Å²) in [7, 11) is 1.72. The summed E-state index contributed by atoms with van der Waals surface area (Å²) in [5.74, 6) is 0.945. The third-order valence-corrected chi connectivity index (χ3v) is 4.36. The van der Waals surface area contributed by atoms with Crippen LogP contribution in [0.1, 0.15) is 33.8 Å². The van der Waals surface area contributed by atoms with Gasteiger partial charge >= 0.3 is 0 Å². The fourth-order valence-electron chi connectivity index (χ4n) is 2.26. The van der Waals surface area contributed by atoms with Gasteiger partial charge in [-0.3, -0.25) is 0 Å². The van der Waals surface area contributed by atoms with E-state index in [1.807, 2.05) is 23.5 Å². The van der Waals surface area contributed by atoms with Gasteiger partial charge in [-0.25, -0.2) is 0 Å². The van der Waals surface area contributed by atoms with Crippen molar-refractivity contribution in [2.45, 2.75) is 33.4 Å². The molecule has 0 fully saturated rings. The molecule has 1 N–H and O–H groups in total. The van der Waals surface area contributed by atoms with Crippen LogP contribution in [0.5, 0.6) is 5.75 Å². The lowest BCUT2D eigenvalue weighted by Gasteiger charge is -2.17. The van der Waals surface area contributed by atoms with Crippen molar-refractivity contribution in [2.24, 2.45) is 0 Å². The average Bonchev–Trinajstić information content (AvgIpc) is 2.74. The maximum Gasteiger partial charge on any atom is 0.123 e. The number of ether oxygens (including phenoxy) is 1. The Bertz CT molecular complexity index is 547. The topological polar surface area (TPSA) is 21.3 Å². The smallest absolute Gasteiger partial charge is 0.123 e. The molecule has 0 saturated carbocycles. The fourth-order valence-corrected chi connectivity index (χ4v) is 3.20. The van der Waals surface area contributed by atoms with E-state index in [1.54, 1.807) is 7.11 Å². The first-order valence-electron chi connectivity index (χ1n) is 6.54. The Morgan fingerprint density at radius 1 is 1.26 bits per heavy atom. The maximum atomic E-state index is 5.41. The Labute approximate surface area is 119 Å². The van der Waals surface area contributed by atoms with Crippen LogP contribution in [0.15, 0.2) is 30.3 Å². The molecule has 0 amide bonds. The van der Waals surface area contributed by atoms with E-state index in [2.05, 4.69) is 44.3 Å². The number of hydrogen-bond donors (Lipinski definition) is 1. The molecular formula is C16H21NOS. The first-order valence-corrected chi connectivity index (χ1v) is 7.35. The molecule has 0 aliphatic heterocycles. The Balaban J connectivity index is 2.05. The Kier molecular flexibility index (Phi) is 4.61. The monoisotopic (exact) mass is 275 g/mol. The van der Waals surface area contributed by atoms with Crippen molar-refractivity contribution in [1.82, 2.24) is 5.32 Å². The van der Waals surface area contributed by atoms with Crippen LogP contribution in [0.2, 0.25) is 0 Å². The van der Waals surface area contributed by atoms with Gasteiger partial charge in [0.2, 0.25) is 0 Å². The van der Waals surface area contributed by atoms with Gasteiger partial charge in [0.1, 0.15) is 5.75 Å². The van der Waals surface area contributed by atoms with Crippen LogP contribution < -0.4 is 10.1 Å². The van der Waals surface area contributed by atoms with E-state index >= 15 is 0 Å². The first kappa shape index (κ1) is 14.1. The second kappa shape index (κ2) is 6.22. The van der Waals surface area contributed by atoms with E-state index in [4.69, 9.17) is 4.74 Å². The van der Waals surface area contributed by atoms with E-state index in [1.165, 1.54) is 20.9 Å². The summed E-state index contributed by atoms with van der Waals surface area (Å²) < 4.78 is 5.41. The van der Waals surface area contributed by atoms with Gasteiger partial charge in [0.25, 0.3) is 0 Å². The van der Waals surface area contributed by atoms with E-state index in [-0.39, 0.29) is 6.04 Å². The number of para-hydroxylation sites is 1. The first-order chi connectivity index (χ1) is 9.11. The lowest BCUT2D eigenvalue weighted by atomic mass is 10.1. The van der Waals surface area contributed by atoms with Crippen molar-refractivity contribution >= 4 is 11.3 Å².